The van der Waals surface area contributed by atoms with Crippen molar-refractivity contribution in [3.05, 3.63) is 35.9 Å². The fourth-order valence-corrected chi connectivity index (χ4v) is 2.23. The van der Waals surface area contributed by atoms with Crippen LogP contribution in [-0.2, 0) is 16.0 Å². The second-order valence-electron chi connectivity index (χ2n) is 4.48. The van der Waals surface area contributed by atoms with E-state index in [-0.39, 0.29) is 6.61 Å². The Morgan fingerprint density at radius 2 is 2.12 bits per heavy atom. The van der Waals surface area contributed by atoms with E-state index in [1.54, 1.807) is 0 Å². The van der Waals surface area contributed by atoms with Crippen LogP contribution in [0.3, 0.4) is 0 Å². The largest absolute Gasteiger partial charge is 0.481 e. The standard InChI is InChI=1S/C13H16O4/c14-11-6-7-17-9-13(11,12(15)16)8-10-4-2-1-3-5-10/h1-5,11,14H,6-9H2,(H,15,16). The summed E-state index contributed by atoms with van der Waals surface area (Å²) in [5.41, 5.74) is -0.306. The van der Waals surface area contributed by atoms with E-state index in [4.69, 9.17) is 4.74 Å². The Hall–Kier alpha value is -1.39. The Morgan fingerprint density at radius 1 is 1.41 bits per heavy atom. The smallest absolute Gasteiger partial charge is 0.314 e. The zero-order chi connectivity index (χ0) is 12.3. The van der Waals surface area contributed by atoms with Gasteiger partial charge in [0.15, 0.2) is 0 Å². The van der Waals surface area contributed by atoms with Crippen LogP contribution in [0.25, 0.3) is 0 Å². The van der Waals surface area contributed by atoms with E-state index < -0.39 is 17.5 Å². The molecule has 2 atom stereocenters. The van der Waals surface area contributed by atoms with E-state index in [1.807, 2.05) is 30.3 Å². The summed E-state index contributed by atoms with van der Waals surface area (Å²) in [5.74, 6) is -0.992. The Morgan fingerprint density at radius 3 is 2.71 bits per heavy atom. The second-order valence-corrected chi connectivity index (χ2v) is 4.48. The van der Waals surface area contributed by atoms with Crippen molar-refractivity contribution in [1.82, 2.24) is 0 Å². The number of carboxylic acids is 1. The van der Waals surface area contributed by atoms with Gasteiger partial charge in [0.1, 0.15) is 5.41 Å². The van der Waals surface area contributed by atoms with Gasteiger partial charge >= 0.3 is 5.97 Å². The van der Waals surface area contributed by atoms with E-state index in [9.17, 15) is 15.0 Å². The molecule has 4 heteroatoms. The molecule has 0 aliphatic carbocycles. The molecule has 0 saturated carbocycles. The van der Waals surface area contributed by atoms with Gasteiger partial charge in [-0.1, -0.05) is 30.3 Å². The van der Waals surface area contributed by atoms with Crippen LogP contribution in [0.15, 0.2) is 30.3 Å². The van der Waals surface area contributed by atoms with E-state index >= 15 is 0 Å². The molecule has 92 valence electrons. The van der Waals surface area contributed by atoms with Gasteiger partial charge in [-0.3, -0.25) is 4.79 Å². The molecule has 1 aliphatic rings. The lowest BCUT2D eigenvalue weighted by Crippen LogP contribution is -2.51. The van der Waals surface area contributed by atoms with Gasteiger partial charge in [-0.05, 0) is 18.4 Å². The molecule has 4 nitrogen and oxygen atoms in total. The minimum atomic E-state index is -1.21. The molecule has 1 heterocycles. The maximum absolute atomic E-state index is 11.5. The number of aliphatic hydroxyl groups excluding tert-OH is 1. The van der Waals surface area contributed by atoms with Crippen LogP contribution >= 0.6 is 0 Å². The first kappa shape index (κ1) is 12.1. The van der Waals surface area contributed by atoms with Crippen LogP contribution < -0.4 is 0 Å². The van der Waals surface area contributed by atoms with E-state index in [0.29, 0.717) is 19.4 Å². The van der Waals surface area contributed by atoms with Crippen molar-refractivity contribution < 1.29 is 19.7 Å². The Labute approximate surface area is 99.8 Å². The van der Waals surface area contributed by atoms with Crippen molar-refractivity contribution in [2.45, 2.75) is 18.9 Å². The van der Waals surface area contributed by atoms with Crippen LogP contribution in [-0.4, -0.2) is 35.5 Å². The number of rotatable bonds is 3. The van der Waals surface area contributed by atoms with E-state index in [0.717, 1.165) is 5.56 Å². The average molecular weight is 236 g/mol. The Kier molecular flexibility index (Phi) is 3.45. The molecule has 2 N–H and O–H groups in total. The third-order valence-corrected chi connectivity index (χ3v) is 3.32. The van der Waals surface area contributed by atoms with Crippen molar-refractivity contribution in [3.8, 4) is 0 Å². The molecule has 1 fully saturated rings. The number of hydrogen-bond acceptors (Lipinski definition) is 3. The van der Waals surface area contributed by atoms with Crippen LogP contribution in [0.4, 0.5) is 0 Å². The number of benzene rings is 1. The maximum atomic E-state index is 11.5. The zero-order valence-electron chi connectivity index (χ0n) is 9.50. The second kappa shape index (κ2) is 4.85. The van der Waals surface area contributed by atoms with Gasteiger partial charge in [0, 0.05) is 6.61 Å². The zero-order valence-corrected chi connectivity index (χ0v) is 9.50. The molecular formula is C13H16O4. The van der Waals surface area contributed by atoms with Crippen molar-refractivity contribution in [2.24, 2.45) is 5.41 Å². The number of carbonyl (C=O) groups is 1. The minimum Gasteiger partial charge on any atom is -0.481 e. The summed E-state index contributed by atoms with van der Waals surface area (Å²) in [6.07, 6.45) is -0.183. The molecule has 0 aromatic heterocycles. The summed E-state index contributed by atoms with van der Waals surface area (Å²) < 4.78 is 5.25. The number of aliphatic hydroxyl groups is 1. The molecule has 1 saturated heterocycles. The maximum Gasteiger partial charge on any atom is 0.314 e. The first-order valence-electron chi connectivity index (χ1n) is 5.68. The van der Waals surface area contributed by atoms with E-state index in [1.165, 1.54) is 0 Å². The highest BCUT2D eigenvalue weighted by Gasteiger charge is 2.47. The van der Waals surface area contributed by atoms with Gasteiger partial charge in [0.25, 0.3) is 0 Å². The van der Waals surface area contributed by atoms with Crippen molar-refractivity contribution in [2.75, 3.05) is 13.2 Å². The Balaban J connectivity index is 2.25. The van der Waals surface area contributed by atoms with Crippen LogP contribution in [0.2, 0.25) is 0 Å². The van der Waals surface area contributed by atoms with Crippen molar-refractivity contribution in [1.29, 1.82) is 0 Å². The van der Waals surface area contributed by atoms with Gasteiger partial charge in [-0.2, -0.15) is 0 Å². The van der Waals surface area contributed by atoms with Gasteiger partial charge < -0.3 is 14.9 Å². The van der Waals surface area contributed by atoms with Gasteiger partial charge in [0.2, 0.25) is 0 Å². The van der Waals surface area contributed by atoms with Gasteiger partial charge in [-0.25, -0.2) is 0 Å². The van der Waals surface area contributed by atoms with Gasteiger partial charge in [0.05, 0.1) is 12.7 Å². The topological polar surface area (TPSA) is 66.8 Å². The number of hydrogen-bond donors (Lipinski definition) is 2. The Bertz CT molecular complexity index is 390. The molecule has 0 bridgehead atoms. The number of carboxylic acid groups (broad SMARTS) is 1. The highest BCUT2D eigenvalue weighted by atomic mass is 16.5. The number of aliphatic carboxylic acids is 1. The highest BCUT2D eigenvalue weighted by Crippen LogP contribution is 2.33. The van der Waals surface area contributed by atoms with Gasteiger partial charge in [-0.15, -0.1) is 0 Å². The van der Waals surface area contributed by atoms with Crippen molar-refractivity contribution >= 4 is 5.97 Å². The number of ether oxygens (including phenoxy) is 1. The summed E-state index contributed by atoms with van der Waals surface area (Å²) in [7, 11) is 0. The lowest BCUT2D eigenvalue weighted by Gasteiger charge is -2.37. The van der Waals surface area contributed by atoms with Crippen molar-refractivity contribution in [3.63, 3.8) is 0 Å². The monoisotopic (exact) mass is 236 g/mol. The molecule has 1 aliphatic heterocycles. The third kappa shape index (κ3) is 2.33. The molecule has 0 spiro atoms. The SMILES string of the molecule is O=C(O)C1(Cc2ccccc2)COCCC1O. The summed E-state index contributed by atoms with van der Waals surface area (Å²) >= 11 is 0. The summed E-state index contributed by atoms with van der Waals surface area (Å²) in [6, 6.07) is 9.34. The predicted octanol–water partition coefficient (Wildman–Crippen LogP) is 1.08. The first-order chi connectivity index (χ1) is 8.15. The lowest BCUT2D eigenvalue weighted by molar-refractivity contribution is -0.172. The molecule has 1 aromatic carbocycles. The van der Waals surface area contributed by atoms with Crippen LogP contribution in [0, 0.1) is 5.41 Å². The fourth-order valence-electron chi connectivity index (χ4n) is 2.23. The molecule has 2 unspecified atom stereocenters. The third-order valence-electron chi connectivity index (χ3n) is 3.32. The molecule has 2 rings (SSSR count). The molecule has 17 heavy (non-hydrogen) atoms. The molecule has 1 aromatic rings. The lowest BCUT2D eigenvalue weighted by atomic mass is 9.75. The summed E-state index contributed by atoms with van der Waals surface area (Å²) in [6.45, 7) is 0.489. The van der Waals surface area contributed by atoms with Crippen LogP contribution in [0.1, 0.15) is 12.0 Å². The van der Waals surface area contributed by atoms with Crippen LogP contribution in [0.5, 0.6) is 0 Å². The molecule has 0 amide bonds. The van der Waals surface area contributed by atoms with E-state index in [2.05, 4.69) is 0 Å². The minimum absolute atomic E-state index is 0.0679. The quantitative estimate of drug-likeness (QED) is 0.824. The first-order valence-corrected chi connectivity index (χ1v) is 5.68. The summed E-state index contributed by atoms with van der Waals surface area (Å²) in [5, 5.41) is 19.4. The summed E-state index contributed by atoms with van der Waals surface area (Å²) in [4.78, 5) is 11.5. The molecule has 0 radical (unpaired) electrons. The molecular weight excluding hydrogens is 220 g/mol. The normalized spacial score (nSPS) is 28.9. The predicted molar refractivity (Wildman–Crippen MR) is 61.7 cm³/mol. The average Bonchev–Trinajstić information content (AvgIpc) is 2.33. The fraction of sp³-hybridized carbons (Fsp3) is 0.462. The highest BCUT2D eigenvalue weighted by molar-refractivity contribution is 5.76.